The van der Waals surface area contributed by atoms with E-state index >= 15 is 0 Å². The van der Waals surface area contributed by atoms with Crippen LogP contribution in [-0.4, -0.2) is 19.0 Å². The molecule has 0 aliphatic heterocycles. The zero-order valence-electron chi connectivity index (χ0n) is 8.82. The molecule has 0 fully saturated rings. The summed E-state index contributed by atoms with van der Waals surface area (Å²) in [5.41, 5.74) is 0. The summed E-state index contributed by atoms with van der Waals surface area (Å²) < 4.78 is 5.17. The highest BCUT2D eigenvalue weighted by Crippen LogP contribution is 2.11. The van der Waals surface area contributed by atoms with Gasteiger partial charge in [-0.05, 0) is 19.1 Å². The summed E-state index contributed by atoms with van der Waals surface area (Å²) in [5.74, 6) is 0.702. The molecular weight excluding hydrogens is 192 g/mol. The lowest BCUT2D eigenvalue weighted by Crippen LogP contribution is -2.35. The summed E-state index contributed by atoms with van der Waals surface area (Å²) in [6.07, 6.45) is 3.30. The molecule has 82 valence electrons. The van der Waals surface area contributed by atoms with Gasteiger partial charge in [0, 0.05) is 6.54 Å². The Labute approximate surface area is 89.4 Å². The van der Waals surface area contributed by atoms with E-state index in [0.29, 0.717) is 6.54 Å². The van der Waals surface area contributed by atoms with E-state index in [-0.39, 0.29) is 18.5 Å². The van der Waals surface area contributed by atoms with Crippen LogP contribution in [0, 0.1) is 0 Å². The fraction of sp³-hybridized carbons (Fsp3) is 0.364. The van der Waals surface area contributed by atoms with Gasteiger partial charge in [-0.25, -0.2) is 0 Å². The maximum absolute atomic E-state index is 11.4. The van der Waals surface area contributed by atoms with Crippen LogP contribution in [0.2, 0.25) is 0 Å². The van der Waals surface area contributed by atoms with Gasteiger partial charge >= 0.3 is 0 Å². The molecule has 0 aliphatic carbocycles. The third-order valence-corrected chi connectivity index (χ3v) is 1.92. The van der Waals surface area contributed by atoms with E-state index in [4.69, 9.17) is 4.42 Å². The molecule has 1 unspecified atom stereocenters. The first kappa shape index (κ1) is 11.5. The molecule has 2 N–H and O–H groups in total. The Morgan fingerprint density at radius 1 is 1.73 bits per heavy atom. The topological polar surface area (TPSA) is 54.3 Å². The van der Waals surface area contributed by atoms with Crippen LogP contribution in [0.5, 0.6) is 0 Å². The Kier molecular flexibility index (Phi) is 4.63. The molecule has 0 bridgehead atoms. The molecule has 0 radical (unpaired) electrons. The summed E-state index contributed by atoms with van der Waals surface area (Å²) in [5, 5.41) is 5.74. The van der Waals surface area contributed by atoms with Crippen LogP contribution in [0.4, 0.5) is 0 Å². The van der Waals surface area contributed by atoms with Gasteiger partial charge in [-0.15, -0.1) is 6.58 Å². The molecule has 0 aromatic carbocycles. The van der Waals surface area contributed by atoms with Gasteiger partial charge in [-0.2, -0.15) is 0 Å². The highest BCUT2D eigenvalue weighted by atomic mass is 16.3. The van der Waals surface area contributed by atoms with Gasteiger partial charge in [0.15, 0.2) is 0 Å². The van der Waals surface area contributed by atoms with Crippen molar-refractivity contribution in [2.75, 3.05) is 13.1 Å². The largest absolute Gasteiger partial charge is 0.467 e. The maximum atomic E-state index is 11.4. The summed E-state index contributed by atoms with van der Waals surface area (Å²) in [6.45, 7) is 6.35. The molecule has 1 rings (SSSR count). The van der Waals surface area contributed by atoms with Crippen LogP contribution in [0.1, 0.15) is 18.7 Å². The van der Waals surface area contributed by atoms with Crippen molar-refractivity contribution in [3.63, 3.8) is 0 Å². The SMILES string of the molecule is C=CCNCC(=O)NC(C)c1ccco1. The summed E-state index contributed by atoms with van der Waals surface area (Å²) in [4.78, 5) is 11.4. The Hall–Kier alpha value is -1.55. The van der Waals surface area contributed by atoms with Crippen LogP contribution in [-0.2, 0) is 4.79 Å². The van der Waals surface area contributed by atoms with Crippen molar-refractivity contribution >= 4 is 5.91 Å². The number of rotatable bonds is 6. The number of hydrogen-bond donors (Lipinski definition) is 2. The zero-order chi connectivity index (χ0) is 11.1. The van der Waals surface area contributed by atoms with Crippen molar-refractivity contribution in [1.82, 2.24) is 10.6 Å². The molecule has 1 aromatic rings. The zero-order valence-corrected chi connectivity index (χ0v) is 8.82. The van der Waals surface area contributed by atoms with Gasteiger partial charge in [0.1, 0.15) is 5.76 Å². The van der Waals surface area contributed by atoms with Crippen molar-refractivity contribution in [1.29, 1.82) is 0 Å². The second kappa shape index (κ2) is 6.03. The molecule has 15 heavy (non-hydrogen) atoms. The molecule has 1 atom stereocenters. The smallest absolute Gasteiger partial charge is 0.234 e. The van der Waals surface area contributed by atoms with Crippen molar-refractivity contribution in [2.24, 2.45) is 0 Å². The molecule has 1 aromatic heterocycles. The first-order valence-corrected chi connectivity index (χ1v) is 4.88. The molecule has 4 heteroatoms. The van der Waals surface area contributed by atoms with Crippen molar-refractivity contribution < 1.29 is 9.21 Å². The van der Waals surface area contributed by atoms with Crippen molar-refractivity contribution in [3.8, 4) is 0 Å². The molecule has 4 nitrogen and oxygen atoms in total. The summed E-state index contributed by atoms with van der Waals surface area (Å²) in [7, 11) is 0. The van der Waals surface area contributed by atoms with E-state index in [2.05, 4.69) is 17.2 Å². The van der Waals surface area contributed by atoms with E-state index in [0.717, 1.165) is 5.76 Å². The molecule has 0 spiro atoms. The normalized spacial score (nSPS) is 12.1. The third kappa shape index (κ3) is 3.99. The number of hydrogen-bond acceptors (Lipinski definition) is 3. The molecule has 0 aliphatic rings. The predicted octanol–water partition coefficient (Wildman–Crippen LogP) is 1.23. The minimum Gasteiger partial charge on any atom is -0.467 e. The van der Waals surface area contributed by atoms with Crippen molar-refractivity contribution in [3.05, 3.63) is 36.8 Å². The average Bonchev–Trinajstić information content (AvgIpc) is 2.70. The quantitative estimate of drug-likeness (QED) is 0.546. The lowest BCUT2D eigenvalue weighted by molar-refractivity contribution is -0.120. The van der Waals surface area contributed by atoms with Crippen molar-refractivity contribution in [2.45, 2.75) is 13.0 Å². The van der Waals surface area contributed by atoms with Gasteiger partial charge in [0.05, 0.1) is 18.8 Å². The van der Waals surface area contributed by atoms with E-state index in [9.17, 15) is 4.79 Å². The number of carbonyl (C=O) groups is 1. The Morgan fingerprint density at radius 3 is 3.13 bits per heavy atom. The first-order valence-electron chi connectivity index (χ1n) is 4.88. The van der Waals surface area contributed by atoms with Crippen LogP contribution in [0.15, 0.2) is 35.5 Å². The molecule has 0 saturated carbocycles. The second-order valence-electron chi connectivity index (χ2n) is 3.22. The minimum absolute atomic E-state index is 0.0549. The average molecular weight is 208 g/mol. The highest BCUT2D eigenvalue weighted by molar-refractivity contribution is 5.78. The minimum atomic E-state index is -0.0990. The van der Waals surface area contributed by atoms with E-state index < -0.39 is 0 Å². The fourth-order valence-corrected chi connectivity index (χ4v) is 1.19. The molecule has 0 saturated heterocycles. The van der Waals surface area contributed by atoms with Gasteiger partial charge in [0.25, 0.3) is 0 Å². The van der Waals surface area contributed by atoms with Gasteiger partial charge in [-0.1, -0.05) is 6.08 Å². The molecule has 1 heterocycles. The van der Waals surface area contributed by atoms with Crippen LogP contribution >= 0.6 is 0 Å². The second-order valence-corrected chi connectivity index (χ2v) is 3.22. The van der Waals surface area contributed by atoms with E-state index in [1.165, 1.54) is 0 Å². The number of nitrogens with one attached hydrogen (secondary N) is 2. The van der Waals surface area contributed by atoms with Gasteiger partial charge in [-0.3, -0.25) is 4.79 Å². The highest BCUT2D eigenvalue weighted by Gasteiger charge is 2.10. The Balaban J connectivity index is 2.28. The number of furan rings is 1. The number of amides is 1. The Bertz CT molecular complexity index is 306. The standard InChI is InChI=1S/C11H16N2O2/c1-3-6-12-8-11(14)13-9(2)10-5-4-7-15-10/h3-5,7,9,12H,1,6,8H2,2H3,(H,13,14). The summed E-state index contributed by atoms with van der Waals surface area (Å²) >= 11 is 0. The molecule has 1 amide bonds. The lowest BCUT2D eigenvalue weighted by atomic mass is 10.2. The lowest BCUT2D eigenvalue weighted by Gasteiger charge is -2.11. The van der Waals surface area contributed by atoms with Gasteiger partial charge in [0.2, 0.25) is 5.91 Å². The van der Waals surface area contributed by atoms with E-state index in [1.54, 1.807) is 18.4 Å². The fourth-order valence-electron chi connectivity index (χ4n) is 1.19. The monoisotopic (exact) mass is 208 g/mol. The van der Waals surface area contributed by atoms with Crippen LogP contribution in [0.3, 0.4) is 0 Å². The molecular formula is C11H16N2O2. The first-order chi connectivity index (χ1) is 7.24. The number of carbonyl (C=O) groups excluding carboxylic acids is 1. The predicted molar refractivity (Wildman–Crippen MR) is 58.3 cm³/mol. The third-order valence-electron chi connectivity index (χ3n) is 1.92. The maximum Gasteiger partial charge on any atom is 0.234 e. The summed E-state index contributed by atoms with van der Waals surface area (Å²) in [6, 6.07) is 3.54. The van der Waals surface area contributed by atoms with Gasteiger partial charge < -0.3 is 15.1 Å². The Morgan fingerprint density at radius 2 is 2.53 bits per heavy atom. The van der Waals surface area contributed by atoms with E-state index in [1.807, 2.05) is 13.0 Å². The van der Waals surface area contributed by atoms with Crippen LogP contribution in [0.25, 0.3) is 0 Å². The van der Waals surface area contributed by atoms with Crippen LogP contribution < -0.4 is 10.6 Å².